The second-order valence-electron chi connectivity index (χ2n) is 7.28. The Morgan fingerprint density at radius 2 is 2.07 bits per heavy atom. The predicted octanol–water partition coefficient (Wildman–Crippen LogP) is 5.18. The number of fused-ring (bicyclic) bond motifs is 1. The van der Waals surface area contributed by atoms with Gasteiger partial charge in [-0.15, -0.1) is 0 Å². The van der Waals surface area contributed by atoms with Crippen molar-refractivity contribution in [2.45, 2.75) is 32.7 Å². The van der Waals surface area contributed by atoms with Crippen LogP contribution in [-0.2, 0) is 0 Å². The highest BCUT2D eigenvalue weighted by molar-refractivity contribution is 6.31. The van der Waals surface area contributed by atoms with Gasteiger partial charge in [0.25, 0.3) is 5.91 Å². The highest BCUT2D eigenvalue weighted by Gasteiger charge is 2.42. The Balaban J connectivity index is 1.88. The number of amides is 1. The van der Waals surface area contributed by atoms with Crippen LogP contribution in [0.15, 0.2) is 42.5 Å². The molecule has 2 N–H and O–H groups in total. The van der Waals surface area contributed by atoms with E-state index in [9.17, 15) is 9.90 Å². The van der Waals surface area contributed by atoms with Crippen LogP contribution in [0.5, 0.6) is 11.5 Å². The number of benzene rings is 2. The molecule has 2 heterocycles. The van der Waals surface area contributed by atoms with Crippen LogP contribution in [0.2, 0.25) is 5.02 Å². The third-order valence-corrected chi connectivity index (χ3v) is 5.55. The van der Waals surface area contributed by atoms with Crippen LogP contribution in [0, 0.1) is 0 Å². The molecule has 1 aliphatic heterocycles. The van der Waals surface area contributed by atoms with Gasteiger partial charge < -0.3 is 14.7 Å². The summed E-state index contributed by atoms with van der Waals surface area (Å²) >= 11 is 6.18. The lowest BCUT2D eigenvalue weighted by atomic mass is 9.95. The summed E-state index contributed by atoms with van der Waals surface area (Å²) in [6.45, 7) is 5.22. The fourth-order valence-corrected chi connectivity index (χ4v) is 4.12. The molecule has 1 atom stereocenters. The molecule has 2 aromatic carbocycles. The summed E-state index contributed by atoms with van der Waals surface area (Å²) in [5.41, 5.74) is 3.17. The zero-order valence-electron chi connectivity index (χ0n) is 17.0. The number of hydrogen-bond acceptors (Lipinski definition) is 4. The molecular weight excluding hydrogens is 402 g/mol. The van der Waals surface area contributed by atoms with Crippen LogP contribution in [-0.4, -0.2) is 39.3 Å². The van der Waals surface area contributed by atoms with Gasteiger partial charge in [0.05, 0.1) is 12.6 Å². The van der Waals surface area contributed by atoms with Crippen molar-refractivity contribution in [1.82, 2.24) is 15.1 Å². The highest BCUT2D eigenvalue weighted by atomic mass is 35.5. The molecule has 1 amide bonds. The number of carbonyl (C=O) groups excluding carboxylic acids is 1. The average Bonchev–Trinajstić information content (AvgIpc) is 3.28. The van der Waals surface area contributed by atoms with E-state index < -0.39 is 0 Å². The topological polar surface area (TPSA) is 78.5 Å². The summed E-state index contributed by atoms with van der Waals surface area (Å²) in [5, 5.41) is 18.2. The minimum Gasteiger partial charge on any atom is -0.507 e. The number of rotatable bonds is 7. The van der Waals surface area contributed by atoms with Crippen molar-refractivity contribution in [3.63, 3.8) is 0 Å². The summed E-state index contributed by atoms with van der Waals surface area (Å²) in [6, 6.07) is 12.3. The van der Waals surface area contributed by atoms with Crippen LogP contribution < -0.4 is 4.74 Å². The van der Waals surface area contributed by atoms with E-state index in [0.717, 1.165) is 29.7 Å². The normalized spacial score (nSPS) is 15.5. The third-order valence-electron chi connectivity index (χ3n) is 5.31. The second kappa shape index (κ2) is 8.40. The Morgan fingerprint density at radius 1 is 1.23 bits per heavy atom. The van der Waals surface area contributed by atoms with Gasteiger partial charge in [-0.2, -0.15) is 5.10 Å². The lowest BCUT2D eigenvalue weighted by Crippen LogP contribution is -2.30. The Morgan fingerprint density at radius 3 is 2.83 bits per heavy atom. The molecule has 30 heavy (non-hydrogen) atoms. The van der Waals surface area contributed by atoms with E-state index in [0.29, 0.717) is 35.1 Å². The van der Waals surface area contributed by atoms with Gasteiger partial charge in [0, 0.05) is 22.7 Å². The number of H-pyrrole nitrogens is 1. The van der Waals surface area contributed by atoms with Crippen molar-refractivity contribution in [2.24, 2.45) is 0 Å². The summed E-state index contributed by atoms with van der Waals surface area (Å²) < 4.78 is 5.68. The number of nitrogens with one attached hydrogen (secondary N) is 1. The van der Waals surface area contributed by atoms with E-state index in [1.54, 1.807) is 12.1 Å². The van der Waals surface area contributed by atoms with E-state index in [1.165, 1.54) is 6.07 Å². The molecule has 0 spiro atoms. The van der Waals surface area contributed by atoms with Gasteiger partial charge in [-0.1, -0.05) is 37.1 Å². The number of halogens is 1. The number of aromatic amines is 1. The van der Waals surface area contributed by atoms with Gasteiger partial charge in [-0.25, -0.2) is 0 Å². The molecule has 1 aliphatic rings. The fraction of sp³-hybridized carbons (Fsp3) is 0.304. The zero-order chi connectivity index (χ0) is 21.3. The Hall–Kier alpha value is -2.99. The molecule has 3 aromatic rings. The first-order valence-electron chi connectivity index (χ1n) is 10.2. The molecule has 0 radical (unpaired) electrons. The molecule has 0 fully saturated rings. The monoisotopic (exact) mass is 425 g/mol. The van der Waals surface area contributed by atoms with Crippen LogP contribution in [0.3, 0.4) is 0 Å². The second-order valence-corrected chi connectivity index (χ2v) is 7.72. The van der Waals surface area contributed by atoms with Crippen molar-refractivity contribution in [3.8, 4) is 22.8 Å². The van der Waals surface area contributed by atoms with E-state index in [-0.39, 0.29) is 17.7 Å². The number of phenols is 1. The number of hydrogen-bond donors (Lipinski definition) is 2. The molecular formula is C23H24ClN3O3. The maximum atomic E-state index is 13.2. The Bertz CT molecular complexity index is 1080. The third kappa shape index (κ3) is 3.52. The summed E-state index contributed by atoms with van der Waals surface area (Å²) in [7, 11) is 0. The van der Waals surface area contributed by atoms with E-state index >= 15 is 0 Å². The molecule has 0 aliphatic carbocycles. The van der Waals surface area contributed by atoms with Crippen molar-refractivity contribution >= 4 is 17.5 Å². The SMILES string of the molecule is CCCCN1C(=O)c2[nH]nc(-c3cc(Cl)ccc3O)c2C1c1cccc(OCC)c1. The molecule has 4 rings (SSSR count). The Labute approximate surface area is 180 Å². The first kappa shape index (κ1) is 20.3. The van der Waals surface area contributed by atoms with Gasteiger partial charge in [0.2, 0.25) is 0 Å². The Kier molecular flexibility index (Phi) is 5.68. The van der Waals surface area contributed by atoms with Crippen LogP contribution >= 0.6 is 11.6 Å². The van der Waals surface area contributed by atoms with Gasteiger partial charge >= 0.3 is 0 Å². The number of unbranched alkanes of at least 4 members (excludes halogenated alkanes) is 1. The number of phenolic OH excluding ortho intramolecular Hbond substituents is 1. The van der Waals surface area contributed by atoms with Crippen molar-refractivity contribution < 1.29 is 14.6 Å². The molecule has 0 saturated carbocycles. The molecule has 0 saturated heterocycles. The van der Waals surface area contributed by atoms with E-state index in [2.05, 4.69) is 17.1 Å². The van der Waals surface area contributed by atoms with Gasteiger partial charge in [-0.3, -0.25) is 9.89 Å². The predicted molar refractivity (Wildman–Crippen MR) is 116 cm³/mol. The molecule has 1 aromatic heterocycles. The quantitative estimate of drug-likeness (QED) is 0.546. The smallest absolute Gasteiger partial charge is 0.273 e. The fourth-order valence-electron chi connectivity index (χ4n) is 3.95. The number of nitrogens with zero attached hydrogens (tertiary/aromatic N) is 2. The van der Waals surface area contributed by atoms with Gasteiger partial charge in [0.1, 0.15) is 22.9 Å². The van der Waals surface area contributed by atoms with E-state index in [1.807, 2.05) is 36.1 Å². The number of ether oxygens (including phenoxy) is 1. The molecule has 1 unspecified atom stereocenters. The standard InChI is InChI=1S/C23H24ClN3O3/c1-3-5-11-27-22(14-7-6-8-16(12-14)30-4-2)19-20(25-26-21(19)23(27)29)17-13-15(24)9-10-18(17)28/h6-10,12-13,22,28H,3-5,11H2,1-2H3,(H,25,26). The van der Waals surface area contributed by atoms with Gasteiger partial charge in [-0.05, 0) is 49.2 Å². The summed E-state index contributed by atoms with van der Waals surface area (Å²) in [5.74, 6) is 0.725. The van der Waals surface area contributed by atoms with E-state index in [4.69, 9.17) is 16.3 Å². The first-order chi connectivity index (χ1) is 14.5. The molecule has 156 valence electrons. The molecule has 6 nitrogen and oxygen atoms in total. The minimum atomic E-state index is -0.327. The van der Waals surface area contributed by atoms with Crippen LogP contribution in [0.1, 0.15) is 54.3 Å². The molecule has 7 heteroatoms. The van der Waals surface area contributed by atoms with Crippen molar-refractivity contribution in [2.75, 3.05) is 13.2 Å². The van der Waals surface area contributed by atoms with Crippen LogP contribution in [0.4, 0.5) is 0 Å². The van der Waals surface area contributed by atoms with Gasteiger partial charge in [0.15, 0.2) is 0 Å². The average molecular weight is 426 g/mol. The number of aromatic nitrogens is 2. The summed E-state index contributed by atoms with van der Waals surface area (Å²) in [4.78, 5) is 15.1. The number of aromatic hydroxyl groups is 1. The minimum absolute atomic E-state index is 0.0648. The summed E-state index contributed by atoms with van der Waals surface area (Å²) in [6.07, 6.45) is 1.87. The highest BCUT2D eigenvalue weighted by Crippen LogP contribution is 2.45. The molecule has 0 bridgehead atoms. The maximum Gasteiger partial charge on any atom is 0.273 e. The maximum absolute atomic E-state index is 13.2. The zero-order valence-corrected chi connectivity index (χ0v) is 17.7. The van der Waals surface area contributed by atoms with Crippen molar-refractivity contribution in [3.05, 3.63) is 64.3 Å². The van der Waals surface area contributed by atoms with Crippen LogP contribution in [0.25, 0.3) is 11.3 Å². The number of carbonyl (C=O) groups is 1. The lowest BCUT2D eigenvalue weighted by Gasteiger charge is -2.26. The first-order valence-corrected chi connectivity index (χ1v) is 10.5. The largest absolute Gasteiger partial charge is 0.507 e. The lowest BCUT2D eigenvalue weighted by molar-refractivity contribution is 0.0741. The van der Waals surface area contributed by atoms with Crippen molar-refractivity contribution in [1.29, 1.82) is 0 Å².